The van der Waals surface area contributed by atoms with Crippen molar-refractivity contribution in [3.05, 3.63) is 18.3 Å². The smallest absolute Gasteiger partial charge is 0.194 e. The number of aromatic amines is 2. The molecule has 2 aromatic heterocycles. The number of hydrogen-bond donors (Lipinski definition) is 3. The van der Waals surface area contributed by atoms with Gasteiger partial charge in [0.1, 0.15) is 5.69 Å². The summed E-state index contributed by atoms with van der Waals surface area (Å²) in [4.78, 5) is 6.47. The molecule has 0 bridgehead atoms. The van der Waals surface area contributed by atoms with Gasteiger partial charge >= 0.3 is 0 Å². The molecule has 0 saturated heterocycles. The minimum atomic E-state index is -0.556. The minimum Gasteiger partial charge on any atom is -0.380 e. The van der Waals surface area contributed by atoms with Crippen molar-refractivity contribution in [2.75, 3.05) is 5.73 Å². The van der Waals surface area contributed by atoms with Crippen molar-refractivity contribution < 1.29 is 4.39 Å². The number of rotatable bonds is 1. The molecule has 0 fully saturated rings. The Hall–Kier alpha value is -1.85. The van der Waals surface area contributed by atoms with Crippen LogP contribution in [0.25, 0.3) is 11.4 Å². The zero-order valence-electron chi connectivity index (χ0n) is 6.00. The topological polar surface area (TPSA) is 83.4 Å². The van der Waals surface area contributed by atoms with Crippen molar-refractivity contribution in [2.24, 2.45) is 0 Å². The Morgan fingerprint density at radius 1 is 1.50 bits per heavy atom. The van der Waals surface area contributed by atoms with Crippen molar-refractivity contribution in [3.8, 4) is 11.4 Å². The Morgan fingerprint density at radius 3 is 2.83 bits per heavy atom. The molecule has 0 aliphatic heterocycles. The summed E-state index contributed by atoms with van der Waals surface area (Å²) in [5.41, 5.74) is 5.95. The van der Waals surface area contributed by atoms with E-state index in [1.807, 2.05) is 0 Å². The van der Waals surface area contributed by atoms with E-state index in [-0.39, 0.29) is 11.5 Å². The van der Waals surface area contributed by atoms with Crippen LogP contribution in [0.2, 0.25) is 0 Å². The molecule has 5 nitrogen and oxygen atoms in total. The Labute approximate surface area is 66.8 Å². The molecular formula is C6H6FN5. The number of halogens is 1. The van der Waals surface area contributed by atoms with Gasteiger partial charge in [0.05, 0.1) is 18.2 Å². The third kappa shape index (κ3) is 0.849. The first-order chi connectivity index (χ1) is 5.79. The summed E-state index contributed by atoms with van der Waals surface area (Å²) < 4.78 is 13.1. The molecule has 4 N–H and O–H groups in total. The highest BCUT2D eigenvalue weighted by atomic mass is 19.1. The van der Waals surface area contributed by atoms with E-state index in [2.05, 4.69) is 20.2 Å². The van der Waals surface area contributed by atoms with Gasteiger partial charge in [-0.3, -0.25) is 5.10 Å². The van der Waals surface area contributed by atoms with E-state index in [1.54, 1.807) is 0 Å². The van der Waals surface area contributed by atoms with Gasteiger partial charge in [-0.1, -0.05) is 0 Å². The number of nitrogens with two attached hydrogens (primary N) is 1. The van der Waals surface area contributed by atoms with Gasteiger partial charge in [0, 0.05) is 0 Å². The molecular weight excluding hydrogens is 161 g/mol. The molecule has 0 amide bonds. The van der Waals surface area contributed by atoms with Crippen LogP contribution in [0.15, 0.2) is 12.5 Å². The maximum Gasteiger partial charge on any atom is 0.194 e. The lowest BCUT2D eigenvalue weighted by atomic mass is 10.3. The summed E-state index contributed by atoms with van der Waals surface area (Å²) >= 11 is 0. The Morgan fingerprint density at radius 2 is 2.33 bits per heavy atom. The highest BCUT2D eigenvalue weighted by Crippen LogP contribution is 2.20. The molecule has 2 heterocycles. The van der Waals surface area contributed by atoms with Gasteiger partial charge in [0.25, 0.3) is 0 Å². The molecule has 0 aliphatic carbocycles. The Balaban J connectivity index is 2.55. The number of H-pyrrole nitrogens is 2. The summed E-state index contributed by atoms with van der Waals surface area (Å²) in [5, 5.41) is 5.96. The fraction of sp³-hybridized carbons (Fsp3) is 0. The molecule has 0 aromatic carbocycles. The lowest BCUT2D eigenvalue weighted by Gasteiger charge is -1.89. The van der Waals surface area contributed by atoms with Gasteiger partial charge in [-0.2, -0.15) is 5.10 Å². The SMILES string of the molecule is Nc1n[nH]c(-c2cnc[nH]2)c1F. The van der Waals surface area contributed by atoms with Gasteiger partial charge in [-0.15, -0.1) is 0 Å². The maximum atomic E-state index is 13.1. The van der Waals surface area contributed by atoms with Crippen molar-refractivity contribution in [1.29, 1.82) is 0 Å². The van der Waals surface area contributed by atoms with Crippen LogP contribution in [-0.4, -0.2) is 20.2 Å². The van der Waals surface area contributed by atoms with E-state index in [1.165, 1.54) is 12.5 Å². The zero-order chi connectivity index (χ0) is 8.55. The molecule has 0 aliphatic rings. The number of imidazole rings is 1. The molecule has 6 heteroatoms. The van der Waals surface area contributed by atoms with Crippen LogP contribution in [0.3, 0.4) is 0 Å². The number of aromatic nitrogens is 4. The van der Waals surface area contributed by atoms with Gasteiger partial charge in [0.15, 0.2) is 11.6 Å². The molecule has 12 heavy (non-hydrogen) atoms. The summed E-state index contributed by atoms with van der Waals surface area (Å²) in [6.45, 7) is 0. The number of nitrogen functional groups attached to an aromatic ring is 1. The molecule has 0 unspecified atom stereocenters. The predicted octanol–water partition coefficient (Wildman–Crippen LogP) is 0.521. The van der Waals surface area contributed by atoms with Gasteiger partial charge in [-0.25, -0.2) is 9.37 Å². The third-order valence-corrected chi connectivity index (χ3v) is 1.50. The Bertz CT molecular complexity index is 377. The van der Waals surface area contributed by atoms with Crippen molar-refractivity contribution in [1.82, 2.24) is 20.2 Å². The van der Waals surface area contributed by atoms with E-state index in [0.29, 0.717) is 5.69 Å². The number of anilines is 1. The first kappa shape index (κ1) is 6.84. The summed E-state index contributed by atoms with van der Waals surface area (Å²) in [5.74, 6) is -0.696. The van der Waals surface area contributed by atoms with E-state index < -0.39 is 5.82 Å². The molecule has 2 rings (SSSR count). The number of nitrogens with one attached hydrogen (secondary N) is 2. The van der Waals surface area contributed by atoms with Crippen LogP contribution < -0.4 is 5.73 Å². The van der Waals surface area contributed by atoms with Crippen LogP contribution >= 0.6 is 0 Å². The second-order valence-corrected chi connectivity index (χ2v) is 2.26. The van der Waals surface area contributed by atoms with E-state index >= 15 is 0 Å². The third-order valence-electron chi connectivity index (χ3n) is 1.50. The highest BCUT2D eigenvalue weighted by molar-refractivity contribution is 5.58. The van der Waals surface area contributed by atoms with E-state index in [0.717, 1.165) is 0 Å². The first-order valence-corrected chi connectivity index (χ1v) is 3.27. The summed E-state index contributed by atoms with van der Waals surface area (Å²) in [7, 11) is 0. The fourth-order valence-electron chi connectivity index (χ4n) is 0.913. The second-order valence-electron chi connectivity index (χ2n) is 2.26. The van der Waals surface area contributed by atoms with E-state index in [4.69, 9.17) is 5.73 Å². The summed E-state index contributed by atoms with van der Waals surface area (Å²) in [6.07, 6.45) is 2.93. The molecule has 0 saturated carbocycles. The molecule has 0 radical (unpaired) electrons. The van der Waals surface area contributed by atoms with Crippen LogP contribution in [0, 0.1) is 5.82 Å². The number of nitrogens with zero attached hydrogens (tertiary/aromatic N) is 2. The van der Waals surface area contributed by atoms with Crippen LogP contribution in [0.5, 0.6) is 0 Å². The lowest BCUT2D eigenvalue weighted by molar-refractivity contribution is 0.636. The molecule has 62 valence electrons. The minimum absolute atomic E-state index is 0.139. The lowest BCUT2D eigenvalue weighted by Crippen LogP contribution is -1.87. The maximum absolute atomic E-state index is 13.1. The quantitative estimate of drug-likeness (QED) is 0.579. The van der Waals surface area contributed by atoms with Gasteiger partial charge in [-0.05, 0) is 0 Å². The van der Waals surface area contributed by atoms with Crippen LogP contribution in [-0.2, 0) is 0 Å². The largest absolute Gasteiger partial charge is 0.380 e. The van der Waals surface area contributed by atoms with Gasteiger partial charge < -0.3 is 10.7 Å². The Kier molecular flexibility index (Phi) is 1.33. The molecule has 0 atom stereocenters. The van der Waals surface area contributed by atoms with Crippen molar-refractivity contribution >= 4 is 5.82 Å². The molecule has 0 spiro atoms. The van der Waals surface area contributed by atoms with Crippen LogP contribution in [0.4, 0.5) is 10.2 Å². The average molecular weight is 167 g/mol. The van der Waals surface area contributed by atoms with Crippen LogP contribution in [0.1, 0.15) is 0 Å². The predicted molar refractivity (Wildman–Crippen MR) is 40.5 cm³/mol. The fourth-order valence-corrected chi connectivity index (χ4v) is 0.913. The first-order valence-electron chi connectivity index (χ1n) is 3.27. The second kappa shape index (κ2) is 2.33. The standard InChI is InChI=1S/C6H6FN5/c7-4-5(11-12-6(4)8)3-1-9-2-10-3/h1-2H,(H,9,10)(H3,8,11,12). The van der Waals surface area contributed by atoms with Crippen molar-refractivity contribution in [2.45, 2.75) is 0 Å². The normalized spacial score (nSPS) is 10.4. The highest BCUT2D eigenvalue weighted by Gasteiger charge is 2.12. The summed E-state index contributed by atoms with van der Waals surface area (Å²) in [6, 6.07) is 0. The zero-order valence-corrected chi connectivity index (χ0v) is 6.00. The van der Waals surface area contributed by atoms with Crippen molar-refractivity contribution in [3.63, 3.8) is 0 Å². The molecule has 2 aromatic rings. The monoisotopic (exact) mass is 167 g/mol. The number of hydrogen-bond acceptors (Lipinski definition) is 3. The van der Waals surface area contributed by atoms with E-state index in [9.17, 15) is 4.39 Å². The van der Waals surface area contributed by atoms with Gasteiger partial charge in [0.2, 0.25) is 0 Å². The average Bonchev–Trinajstić information content (AvgIpc) is 2.64.